The molecule has 6 aromatic heterocycles. The van der Waals surface area contributed by atoms with Gasteiger partial charge in [-0.3, -0.25) is 9.13 Å². The number of para-hydroxylation sites is 2. The Morgan fingerprint density at radius 3 is 1.61 bits per heavy atom. The number of aromatic nitrogens is 8. The largest absolute Gasteiger partial charge is 0.269 e. The van der Waals surface area contributed by atoms with Crippen LogP contribution in [0.15, 0.2) is 120 Å². The summed E-state index contributed by atoms with van der Waals surface area (Å²) in [6, 6.07) is 25.0. The van der Waals surface area contributed by atoms with Crippen LogP contribution in [0.1, 0.15) is 25.0 Å². The number of hydrogen-bond acceptors (Lipinski definition) is 12. The number of thiophene rings is 2. The molecule has 15 heteroatoms. The molecule has 8 rings (SSSR count). The fourth-order valence-corrected chi connectivity index (χ4v) is 10.0. The highest BCUT2D eigenvalue weighted by molar-refractivity contribution is 8.01. The van der Waals surface area contributed by atoms with E-state index >= 15 is 0 Å². The van der Waals surface area contributed by atoms with Gasteiger partial charge in [0.25, 0.3) is 0 Å². The van der Waals surface area contributed by atoms with Crippen LogP contribution in [-0.2, 0) is 12.8 Å². The molecular formula is C34H27ClN8S6. The van der Waals surface area contributed by atoms with Gasteiger partial charge in [0, 0.05) is 11.6 Å². The summed E-state index contributed by atoms with van der Waals surface area (Å²) in [5, 5.41) is 25.5. The lowest BCUT2D eigenvalue weighted by Gasteiger charge is -2.12. The minimum Gasteiger partial charge on any atom is -0.269 e. The van der Waals surface area contributed by atoms with Gasteiger partial charge in [0.05, 0.1) is 27.3 Å². The van der Waals surface area contributed by atoms with E-state index in [0.717, 1.165) is 64.6 Å². The molecule has 0 atom stereocenters. The van der Waals surface area contributed by atoms with Crippen molar-refractivity contribution in [2.24, 2.45) is 0 Å². The SMILES string of the molecule is CCc1ccccc1-n1c(Sc2ncc(Cl)s2)nnc1-c1cccs1.CCc1ccccc1-n1c(Sc2nccs2)nnc1-c1cccs1. The molecule has 0 aliphatic carbocycles. The van der Waals surface area contributed by atoms with Gasteiger partial charge in [0.2, 0.25) is 10.3 Å². The van der Waals surface area contributed by atoms with Gasteiger partial charge >= 0.3 is 0 Å². The first-order valence-electron chi connectivity index (χ1n) is 15.1. The molecule has 0 aliphatic heterocycles. The molecular weight excluding hydrogens is 748 g/mol. The maximum atomic E-state index is 6.02. The molecule has 0 saturated heterocycles. The van der Waals surface area contributed by atoms with Gasteiger partial charge in [-0.1, -0.05) is 85.3 Å². The van der Waals surface area contributed by atoms with Gasteiger partial charge < -0.3 is 0 Å². The topological polar surface area (TPSA) is 87.2 Å². The predicted octanol–water partition coefficient (Wildman–Crippen LogP) is 11.0. The fourth-order valence-electron chi connectivity index (χ4n) is 5.00. The lowest BCUT2D eigenvalue weighted by molar-refractivity contribution is 0.872. The van der Waals surface area contributed by atoms with Crippen LogP contribution < -0.4 is 0 Å². The van der Waals surface area contributed by atoms with Crippen molar-refractivity contribution in [3.8, 4) is 32.8 Å². The van der Waals surface area contributed by atoms with Crippen molar-refractivity contribution >= 4 is 80.5 Å². The average molecular weight is 776 g/mol. The van der Waals surface area contributed by atoms with Gasteiger partial charge in [-0.25, -0.2) is 9.97 Å². The van der Waals surface area contributed by atoms with Crippen molar-refractivity contribution in [2.75, 3.05) is 0 Å². The maximum Gasteiger partial charge on any atom is 0.203 e. The van der Waals surface area contributed by atoms with Crippen LogP contribution in [0.3, 0.4) is 0 Å². The Kier molecular flexibility index (Phi) is 11.0. The standard InChI is InChI=1S/C17H13ClN4S3.C17H14N4S3/c1-2-11-6-3-4-7-12(11)22-15(13-8-5-9-23-13)20-21-16(22)25-17-19-10-14(18)24-17;1-2-12-6-3-4-7-13(12)21-15(14-8-5-10-22-14)19-20-16(21)24-17-18-9-11-23-17/h3-10H,2H2,1H3;3-11H,2H2,1H3. The lowest BCUT2D eigenvalue weighted by atomic mass is 10.1. The van der Waals surface area contributed by atoms with E-state index in [4.69, 9.17) is 11.6 Å². The second kappa shape index (κ2) is 15.9. The molecule has 0 amide bonds. The Balaban J connectivity index is 0.000000154. The monoisotopic (exact) mass is 774 g/mol. The van der Waals surface area contributed by atoms with Gasteiger partial charge in [-0.15, -0.1) is 54.4 Å². The Hall–Kier alpha value is -3.63. The molecule has 246 valence electrons. The van der Waals surface area contributed by atoms with E-state index in [1.165, 1.54) is 34.2 Å². The van der Waals surface area contributed by atoms with E-state index in [-0.39, 0.29) is 0 Å². The van der Waals surface area contributed by atoms with Crippen molar-refractivity contribution in [1.29, 1.82) is 0 Å². The van der Waals surface area contributed by atoms with E-state index in [1.807, 2.05) is 35.2 Å². The Bertz CT molecular complexity index is 2240. The quantitative estimate of drug-likeness (QED) is 0.136. The zero-order chi connectivity index (χ0) is 33.6. The molecule has 0 bridgehead atoms. The number of benzene rings is 2. The van der Waals surface area contributed by atoms with Gasteiger partial charge in [-0.2, -0.15) is 0 Å². The number of aryl methyl sites for hydroxylation is 2. The van der Waals surface area contributed by atoms with Crippen molar-refractivity contribution in [2.45, 2.75) is 45.7 Å². The van der Waals surface area contributed by atoms with Crippen molar-refractivity contribution in [1.82, 2.24) is 39.5 Å². The Labute approximate surface area is 313 Å². The van der Waals surface area contributed by atoms with E-state index in [1.54, 1.807) is 52.0 Å². The predicted molar refractivity (Wildman–Crippen MR) is 206 cm³/mol. The number of nitrogens with zero attached hydrogens (tertiary/aromatic N) is 8. The van der Waals surface area contributed by atoms with Gasteiger partial charge in [0.1, 0.15) is 4.34 Å². The first-order valence-corrected chi connectivity index (χ1v) is 20.6. The second-order valence-corrected chi connectivity index (χ2v) is 17.0. The first-order chi connectivity index (χ1) is 24.1. The third-order valence-corrected chi connectivity index (χ3v) is 12.9. The highest BCUT2D eigenvalue weighted by Gasteiger charge is 2.21. The van der Waals surface area contributed by atoms with E-state index in [9.17, 15) is 0 Å². The zero-order valence-electron chi connectivity index (χ0n) is 26.1. The summed E-state index contributed by atoms with van der Waals surface area (Å²) in [7, 11) is 0. The lowest BCUT2D eigenvalue weighted by Crippen LogP contribution is -2.02. The third-order valence-electron chi connectivity index (χ3n) is 7.20. The minimum absolute atomic E-state index is 0.668. The summed E-state index contributed by atoms with van der Waals surface area (Å²) in [5.74, 6) is 1.73. The van der Waals surface area contributed by atoms with Crippen LogP contribution in [0.2, 0.25) is 4.34 Å². The molecule has 0 radical (unpaired) electrons. The number of hydrogen-bond donors (Lipinski definition) is 0. The van der Waals surface area contributed by atoms with E-state index < -0.39 is 0 Å². The summed E-state index contributed by atoms with van der Waals surface area (Å²) in [5.41, 5.74) is 4.76. The molecule has 0 unspecified atom stereocenters. The van der Waals surface area contributed by atoms with Crippen LogP contribution in [0.25, 0.3) is 32.8 Å². The third kappa shape index (κ3) is 7.60. The van der Waals surface area contributed by atoms with Crippen LogP contribution in [0.4, 0.5) is 0 Å². The average Bonchev–Trinajstić information content (AvgIpc) is 3.98. The van der Waals surface area contributed by atoms with Crippen molar-refractivity contribution < 1.29 is 0 Å². The summed E-state index contributed by atoms with van der Waals surface area (Å²) < 4.78 is 6.75. The van der Waals surface area contributed by atoms with E-state index in [2.05, 4.69) is 113 Å². The molecule has 0 spiro atoms. The highest BCUT2D eigenvalue weighted by atomic mass is 35.5. The summed E-state index contributed by atoms with van der Waals surface area (Å²) >= 11 is 15.4. The molecule has 2 aromatic carbocycles. The molecule has 6 heterocycles. The van der Waals surface area contributed by atoms with Crippen LogP contribution >= 0.6 is 80.5 Å². The number of rotatable bonds is 10. The molecule has 0 aliphatic rings. The van der Waals surface area contributed by atoms with Crippen LogP contribution in [0, 0.1) is 0 Å². The molecule has 0 N–H and O–H groups in total. The minimum atomic E-state index is 0.668. The van der Waals surface area contributed by atoms with Crippen molar-refractivity contribution in [3.63, 3.8) is 0 Å². The number of halogens is 1. The molecule has 0 fully saturated rings. The summed E-state index contributed by atoms with van der Waals surface area (Å²) in [6.45, 7) is 4.32. The Morgan fingerprint density at radius 1 is 0.612 bits per heavy atom. The second-order valence-electron chi connectivity index (χ2n) is 10.1. The van der Waals surface area contributed by atoms with Crippen LogP contribution in [0.5, 0.6) is 0 Å². The maximum absolute atomic E-state index is 6.02. The highest BCUT2D eigenvalue weighted by Crippen LogP contribution is 2.38. The molecule has 8 nitrogen and oxygen atoms in total. The molecule has 8 aromatic rings. The fraction of sp³-hybridized carbons (Fsp3) is 0.118. The van der Waals surface area contributed by atoms with Gasteiger partial charge in [0.15, 0.2) is 20.3 Å². The van der Waals surface area contributed by atoms with Gasteiger partial charge in [-0.05, 0) is 82.5 Å². The van der Waals surface area contributed by atoms with E-state index in [0.29, 0.717) is 4.34 Å². The van der Waals surface area contributed by atoms with Crippen LogP contribution in [-0.4, -0.2) is 39.5 Å². The molecule has 0 saturated carbocycles. The zero-order valence-corrected chi connectivity index (χ0v) is 31.8. The first kappa shape index (κ1) is 33.8. The Morgan fingerprint density at radius 2 is 1.16 bits per heavy atom. The van der Waals surface area contributed by atoms with Crippen molar-refractivity contribution in [3.05, 3.63) is 117 Å². The smallest absolute Gasteiger partial charge is 0.203 e. The normalized spacial score (nSPS) is 11.1. The summed E-state index contributed by atoms with van der Waals surface area (Å²) in [4.78, 5) is 10.9. The molecule has 49 heavy (non-hydrogen) atoms. The number of thiazole rings is 2. The summed E-state index contributed by atoms with van der Waals surface area (Å²) in [6.07, 6.45) is 5.37.